The zero-order valence-corrected chi connectivity index (χ0v) is 18.5. The summed E-state index contributed by atoms with van der Waals surface area (Å²) in [6.07, 6.45) is 3.33. The molecule has 0 saturated carbocycles. The number of fused-ring (bicyclic) bond motifs is 1. The highest BCUT2D eigenvalue weighted by molar-refractivity contribution is 7.91. The molecule has 9 heteroatoms. The lowest BCUT2D eigenvalue weighted by molar-refractivity contribution is -0.141. The van der Waals surface area contributed by atoms with Gasteiger partial charge in [-0.15, -0.1) is 0 Å². The van der Waals surface area contributed by atoms with E-state index in [0.29, 0.717) is 18.9 Å². The van der Waals surface area contributed by atoms with Gasteiger partial charge in [0, 0.05) is 50.2 Å². The monoisotopic (exact) mass is 445 g/mol. The molecule has 31 heavy (non-hydrogen) atoms. The highest BCUT2D eigenvalue weighted by Gasteiger charge is 2.35. The molecule has 1 amide bonds. The van der Waals surface area contributed by atoms with Gasteiger partial charge in [-0.1, -0.05) is 32.0 Å². The zero-order chi connectivity index (χ0) is 22.6. The molecule has 8 nitrogen and oxygen atoms in total. The maximum atomic E-state index is 13.2. The summed E-state index contributed by atoms with van der Waals surface area (Å²) in [6.45, 7) is 4.35. The smallest absolute Gasteiger partial charge is 0.287 e. The fourth-order valence-electron chi connectivity index (χ4n) is 3.79. The number of carbonyl (C=O) groups is 3. The number of amides is 1. The summed E-state index contributed by atoms with van der Waals surface area (Å²) in [6, 6.07) is 8.00. The number of carbonyl (C=O) groups excluding carboxylic acids is 3. The molecule has 2 heterocycles. The van der Waals surface area contributed by atoms with Gasteiger partial charge in [-0.3, -0.25) is 14.4 Å². The molecule has 0 saturated heterocycles. The van der Waals surface area contributed by atoms with E-state index >= 15 is 0 Å². The Labute approximate surface area is 182 Å². The van der Waals surface area contributed by atoms with Crippen molar-refractivity contribution in [3.8, 4) is 0 Å². The van der Waals surface area contributed by atoms with Crippen molar-refractivity contribution in [1.29, 1.82) is 0 Å². The number of Topliss-reactive ketones (excluding diaryl/α,β-unsaturated/α-hetero) is 2. The van der Waals surface area contributed by atoms with Crippen LogP contribution < -0.4 is 5.32 Å². The van der Waals surface area contributed by atoms with Crippen LogP contribution in [0.25, 0.3) is 0 Å². The summed E-state index contributed by atoms with van der Waals surface area (Å²) in [7, 11) is -3.67. The molecule has 1 aromatic carbocycles. The third-order valence-corrected chi connectivity index (χ3v) is 7.42. The summed E-state index contributed by atoms with van der Waals surface area (Å²) in [5, 5.41) is 2.58. The molecule has 0 fully saturated rings. The molecule has 0 spiro atoms. The highest BCUT2D eigenvalue weighted by atomic mass is 32.2. The van der Waals surface area contributed by atoms with Gasteiger partial charge in [-0.05, 0) is 18.1 Å². The Morgan fingerprint density at radius 3 is 2.61 bits per heavy atom. The van der Waals surface area contributed by atoms with E-state index in [1.165, 1.54) is 12.1 Å². The van der Waals surface area contributed by atoms with E-state index in [4.69, 9.17) is 0 Å². The third kappa shape index (κ3) is 5.46. The summed E-state index contributed by atoms with van der Waals surface area (Å²) in [5.74, 6) is -3.34. The van der Waals surface area contributed by atoms with Crippen LogP contribution in [0.3, 0.4) is 0 Å². The second-order valence-corrected chi connectivity index (χ2v) is 10.2. The lowest BCUT2D eigenvalue weighted by atomic mass is 9.85. The van der Waals surface area contributed by atoms with Gasteiger partial charge < -0.3 is 9.88 Å². The molecule has 0 radical (unpaired) electrons. The molecule has 2 atom stereocenters. The van der Waals surface area contributed by atoms with Crippen LogP contribution in [0.2, 0.25) is 0 Å². The normalized spacial score (nSPS) is 18.5. The van der Waals surface area contributed by atoms with Crippen LogP contribution in [0.5, 0.6) is 0 Å². The predicted molar refractivity (Wildman–Crippen MR) is 114 cm³/mol. The van der Waals surface area contributed by atoms with Crippen LogP contribution in [-0.4, -0.2) is 47.7 Å². The Kier molecular flexibility index (Phi) is 7.04. The molecule has 1 aliphatic heterocycles. The van der Waals surface area contributed by atoms with Crippen molar-refractivity contribution in [2.75, 3.05) is 12.3 Å². The molecule has 0 aliphatic carbocycles. The van der Waals surface area contributed by atoms with Crippen LogP contribution in [0, 0.1) is 17.8 Å². The molecule has 0 bridgehead atoms. The maximum absolute atomic E-state index is 13.2. The molecular weight excluding hydrogens is 418 g/mol. The van der Waals surface area contributed by atoms with Crippen LogP contribution in [-0.2, 0) is 37.2 Å². The van der Waals surface area contributed by atoms with E-state index in [2.05, 4.69) is 10.3 Å². The zero-order valence-electron chi connectivity index (χ0n) is 17.7. The van der Waals surface area contributed by atoms with Crippen LogP contribution in [0.1, 0.15) is 26.1 Å². The number of sulfone groups is 1. The Morgan fingerprint density at radius 1 is 1.23 bits per heavy atom. The van der Waals surface area contributed by atoms with E-state index in [9.17, 15) is 22.8 Å². The number of rotatable bonds is 7. The Morgan fingerprint density at radius 2 is 1.94 bits per heavy atom. The molecule has 166 valence electrons. The molecule has 1 aliphatic rings. The fourth-order valence-corrected chi connectivity index (χ4v) is 5.59. The van der Waals surface area contributed by atoms with Gasteiger partial charge in [-0.2, -0.15) is 0 Å². The number of hydrogen-bond acceptors (Lipinski definition) is 6. The molecule has 3 rings (SSSR count). The highest BCUT2D eigenvalue weighted by Crippen LogP contribution is 2.24. The number of benzene rings is 1. The van der Waals surface area contributed by atoms with Gasteiger partial charge >= 0.3 is 0 Å². The lowest BCUT2D eigenvalue weighted by Crippen LogP contribution is -2.38. The summed E-state index contributed by atoms with van der Waals surface area (Å²) < 4.78 is 27.5. The number of nitrogens with one attached hydrogen (secondary N) is 1. The Balaban J connectivity index is 1.82. The van der Waals surface area contributed by atoms with Gasteiger partial charge in [0.2, 0.25) is 5.78 Å². The van der Waals surface area contributed by atoms with Crippen LogP contribution in [0.15, 0.2) is 47.6 Å². The number of hydrogen-bond donors (Lipinski definition) is 1. The average molecular weight is 446 g/mol. The molecule has 2 unspecified atom stereocenters. The van der Waals surface area contributed by atoms with Gasteiger partial charge in [-0.25, -0.2) is 13.4 Å². The second-order valence-electron chi connectivity index (χ2n) is 8.17. The van der Waals surface area contributed by atoms with Crippen molar-refractivity contribution >= 4 is 27.3 Å². The fraction of sp³-hybridized carbons (Fsp3) is 0.455. The number of ketones is 2. The van der Waals surface area contributed by atoms with E-state index in [0.717, 1.165) is 0 Å². The minimum absolute atomic E-state index is 0.154. The SMILES string of the molecule is CC(C)C(CS(=O)(=O)c1ccccc1)C(=O)CC1Cc2nccn2CCNC(=O)C1=O. The van der Waals surface area contributed by atoms with Crippen molar-refractivity contribution in [2.24, 2.45) is 17.8 Å². The molecule has 1 aromatic heterocycles. The van der Waals surface area contributed by atoms with Crippen molar-refractivity contribution in [3.05, 3.63) is 48.5 Å². The van der Waals surface area contributed by atoms with Crippen LogP contribution in [0.4, 0.5) is 0 Å². The predicted octanol–water partition coefficient (Wildman–Crippen LogP) is 1.45. The van der Waals surface area contributed by atoms with E-state index in [-0.39, 0.29) is 35.2 Å². The van der Waals surface area contributed by atoms with Crippen molar-refractivity contribution in [1.82, 2.24) is 14.9 Å². The van der Waals surface area contributed by atoms with Crippen molar-refractivity contribution < 1.29 is 22.8 Å². The minimum Gasteiger partial charge on any atom is -0.348 e. The minimum atomic E-state index is -3.67. The number of nitrogens with zero attached hydrogens (tertiary/aromatic N) is 2. The second kappa shape index (κ2) is 9.55. The quantitative estimate of drug-likeness (QED) is 0.645. The van der Waals surface area contributed by atoms with Crippen LogP contribution >= 0.6 is 0 Å². The largest absolute Gasteiger partial charge is 0.348 e. The third-order valence-electron chi connectivity index (χ3n) is 5.63. The molecule has 2 aromatic rings. The number of imidazole rings is 1. The topological polar surface area (TPSA) is 115 Å². The summed E-state index contributed by atoms with van der Waals surface area (Å²) >= 11 is 0. The first-order valence-corrected chi connectivity index (χ1v) is 12.0. The van der Waals surface area contributed by atoms with Gasteiger partial charge in [0.15, 0.2) is 9.84 Å². The van der Waals surface area contributed by atoms with E-state index in [1.807, 2.05) is 4.57 Å². The average Bonchev–Trinajstić information content (AvgIpc) is 3.18. The van der Waals surface area contributed by atoms with Crippen molar-refractivity contribution in [2.45, 2.75) is 38.1 Å². The first kappa shape index (κ1) is 22.9. The van der Waals surface area contributed by atoms with Gasteiger partial charge in [0.25, 0.3) is 5.91 Å². The molecule has 1 N–H and O–H groups in total. The van der Waals surface area contributed by atoms with Gasteiger partial charge in [0.1, 0.15) is 11.6 Å². The first-order chi connectivity index (χ1) is 14.7. The first-order valence-electron chi connectivity index (χ1n) is 10.3. The number of aromatic nitrogens is 2. The molecular formula is C22H27N3O5S. The lowest BCUT2D eigenvalue weighted by Gasteiger charge is -2.22. The maximum Gasteiger partial charge on any atom is 0.287 e. The van der Waals surface area contributed by atoms with Gasteiger partial charge in [0.05, 0.1) is 10.6 Å². The van der Waals surface area contributed by atoms with E-state index in [1.54, 1.807) is 44.4 Å². The summed E-state index contributed by atoms with van der Waals surface area (Å²) in [5.41, 5.74) is 0. The Bertz CT molecular complexity index is 1060. The summed E-state index contributed by atoms with van der Waals surface area (Å²) in [4.78, 5) is 42.5. The Hall–Kier alpha value is -2.81. The standard InChI is InChI=1S/C22H27N3O5S/c1-15(2)18(14-31(29,30)17-6-4-3-5-7-17)19(26)12-16-13-20-23-8-10-25(20)11-9-24-22(28)21(16)27/h3-8,10,15-16,18H,9,11-14H2,1-2H3,(H,24,28). The van der Waals surface area contributed by atoms with E-state index < -0.39 is 33.4 Å². The van der Waals surface area contributed by atoms with Crippen molar-refractivity contribution in [3.63, 3.8) is 0 Å².